The molecule has 1 rings (SSSR count). The number of nitrogens with zero attached hydrogens (tertiary/aromatic N) is 1. The molecule has 0 bridgehead atoms. The van der Waals surface area contributed by atoms with Crippen molar-refractivity contribution in [2.24, 2.45) is 0 Å². The molecule has 0 radical (unpaired) electrons. The second-order valence-corrected chi connectivity index (χ2v) is 8.30. The molecule has 1 N–H and O–H groups in total. The molecular formula is C14H28N2O5Si. The van der Waals surface area contributed by atoms with Crippen LogP contribution >= 0.6 is 0 Å². The Bertz CT molecular complexity index is 399. The lowest BCUT2D eigenvalue weighted by Crippen LogP contribution is -2.64. The predicted octanol–water partition coefficient (Wildman–Crippen LogP) is 1.68. The van der Waals surface area contributed by atoms with Gasteiger partial charge in [0.25, 0.3) is 5.91 Å². The summed E-state index contributed by atoms with van der Waals surface area (Å²) in [6.07, 6.45) is 0.515. The Hall–Kier alpha value is -0.963. The Morgan fingerprint density at radius 3 is 1.77 bits per heavy atom. The Balaban J connectivity index is 3.23. The van der Waals surface area contributed by atoms with Crippen molar-refractivity contribution in [1.29, 1.82) is 0 Å². The fourth-order valence-corrected chi connectivity index (χ4v) is 5.75. The van der Waals surface area contributed by atoms with Crippen LogP contribution in [0.3, 0.4) is 0 Å². The smallest absolute Gasteiger partial charge is 0.373 e. The van der Waals surface area contributed by atoms with Gasteiger partial charge in [0, 0.05) is 19.8 Å². The molecule has 3 amide bonds. The third-order valence-corrected chi connectivity index (χ3v) is 7.09. The number of hydrogen-bond acceptors (Lipinski definition) is 5. The van der Waals surface area contributed by atoms with Crippen LogP contribution in [-0.2, 0) is 18.1 Å². The van der Waals surface area contributed by atoms with Gasteiger partial charge in [-0.2, -0.15) is 0 Å². The zero-order valence-corrected chi connectivity index (χ0v) is 15.4. The Morgan fingerprint density at radius 1 is 1.05 bits per heavy atom. The maximum Gasteiger partial charge on any atom is 0.525 e. The molecule has 8 heteroatoms. The molecule has 1 aliphatic heterocycles. The first-order valence-corrected chi connectivity index (χ1v) is 9.67. The molecule has 0 saturated carbocycles. The number of carbonyl (C=O) groups excluding carboxylic acids is 2. The van der Waals surface area contributed by atoms with E-state index < -0.39 is 26.0 Å². The molecule has 7 nitrogen and oxygen atoms in total. The molecular weight excluding hydrogens is 304 g/mol. The molecule has 0 aromatic carbocycles. The van der Waals surface area contributed by atoms with Crippen molar-refractivity contribution in [3.8, 4) is 0 Å². The van der Waals surface area contributed by atoms with Gasteiger partial charge in [-0.3, -0.25) is 9.69 Å². The number of hydrogen-bond donors (Lipinski definition) is 1. The highest BCUT2D eigenvalue weighted by Gasteiger charge is 2.58. The van der Waals surface area contributed by atoms with Gasteiger partial charge >= 0.3 is 14.8 Å². The molecule has 0 aromatic rings. The molecule has 128 valence electrons. The molecule has 1 heterocycles. The van der Waals surface area contributed by atoms with E-state index in [9.17, 15) is 9.59 Å². The Labute approximate surface area is 133 Å². The van der Waals surface area contributed by atoms with Crippen LogP contribution in [0.5, 0.6) is 0 Å². The van der Waals surface area contributed by atoms with Gasteiger partial charge in [0.15, 0.2) is 0 Å². The number of amides is 3. The predicted molar refractivity (Wildman–Crippen MR) is 84.2 cm³/mol. The van der Waals surface area contributed by atoms with E-state index >= 15 is 0 Å². The van der Waals surface area contributed by atoms with Crippen molar-refractivity contribution in [2.75, 3.05) is 19.8 Å². The summed E-state index contributed by atoms with van der Waals surface area (Å²) < 4.78 is 17.6. The van der Waals surface area contributed by atoms with E-state index in [2.05, 4.69) is 5.32 Å². The Kier molecular flexibility index (Phi) is 6.54. The SMILES string of the molecule is CCO[Si](OCC)(OCC)C(CC)N1C(=O)NC(C)(C)C1=O. The first-order chi connectivity index (χ1) is 10.3. The number of rotatable bonds is 9. The maximum atomic E-state index is 12.6. The molecule has 1 unspecified atom stereocenters. The van der Waals surface area contributed by atoms with Crippen molar-refractivity contribution >= 4 is 20.7 Å². The molecule has 1 saturated heterocycles. The molecule has 0 aromatic heterocycles. The van der Waals surface area contributed by atoms with Gasteiger partial charge < -0.3 is 18.6 Å². The second kappa shape index (κ2) is 7.54. The van der Waals surface area contributed by atoms with Gasteiger partial charge in [-0.05, 0) is 41.0 Å². The minimum Gasteiger partial charge on any atom is -0.373 e. The molecule has 1 atom stereocenters. The fraction of sp³-hybridized carbons (Fsp3) is 0.857. The summed E-state index contributed by atoms with van der Waals surface area (Å²) in [6.45, 7) is 12.0. The first-order valence-electron chi connectivity index (χ1n) is 7.87. The van der Waals surface area contributed by atoms with Crippen LogP contribution in [0.1, 0.15) is 48.0 Å². The number of carbonyl (C=O) groups is 2. The lowest BCUT2D eigenvalue weighted by Gasteiger charge is -2.38. The quantitative estimate of drug-likeness (QED) is 0.513. The first kappa shape index (κ1) is 19.1. The largest absolute Gasteiger partial charge is 0.525 e. The van der Waals surface area contributed by atoms with Gasteiger partial charge in [-0.15, -0.1) is 0 Å². The van der Waals surface area contributed by atoms with Crippen LogP contribution < -0.4 is 5.32 Å². The second-order valence-electron chi connectivity index (χ2n) is 5.56. The standard InChI is InChI=1S/C14H28N2O5Si/c1-7-11(16-12(17)14(5,6)15-13(16)18)22(19-8-2,20-9-3)21-10-4/h11H,7-10H2,1-6H3,(H,15,18). The maximum absolute atomic E-state index is 12.6. The van der Waals surface area contributed by atoms with Gasteiger partial charge in [0.05, 0.1) is 0 Å². The van der Waals surface area contributed by atoms with Crippen LogP contribution in [0.25, 0.3) is 0 Å². The van der Waals surface area contributed by atoms with Crippen LogP contribution in [-0.4, -0.2) is 56.7 Å². The topological polar surface area (TPSA) is 77.1 Å². The Morgan fingerprint density at radius 2 is 1.50 bits per heavy atom. The summed E-state index contributed by atoms with van der Waals surface area (Å²) in [7, 11) is -3.19. The molecule has 0 aliphatic carbocycles. The summed E-state index contributed by atoms with van der Waals surface area (Å²) >= 11 is 0. The lowest BCUT2D eigenvalue weighted by molar-refractivity contribution is -0.132. The third-order valence-electron chi connectivity index (χ3n) is 3.53. The van der Waals surface area contributed by atoms with Gasteiger partial charge in [-0.1, -0.05) is 6.92 Å². The van der Waals surface area contributed by atoms with Gasteiger partial charge in [0.2, 0.25) is 0 Å². The molecule has 1 aliphatic rings. The molecule has 1 fully saturated rings. The van der Waals surface area contributed by atoms with E-state index in [1.807, 2.05) is 27.7 Å². The highest BCUT2D eigenvalue weighted by Crippen LogP contribution is 2.28. The van der Waals surface area contributed by atoms with E-state index in [1.165, 1.54) is 4.90 Å². The van der Waals surface area contributed by atoms with Crippen molar-refractivity contribution in [1.82, 2.24) is 10.2 Å². The normalized spacial score (nSPS) is 19.5. The third kappa shape index (κ3) is 3.50. The summed E-state index contributed by atoms with van der Waals surface area (Å²) in [5, 5.41) is 2.70. The average Bonchev–Trinajstić information content (AvgIpc) is 2.62. The minimum atomic E-state index is -3.19. The zero-order valence-electron chi connectivity index (χ0n) is 14.4. The van der Waals surface area contributed by atoms with Crippen molar-refractivity contribution < 1.29 is 22.9 Å². The summed E-state index contributed by atoms with van der Waals surface area (Å²) in [4.78, 5) is 26.1. The number of imide groups is 1. The number of urea groups is 1. The van der Waals surface area contributed by atoms with Gasteiger partial charge in [0.1, 0.15) is 11.2 Å². The zero-order chi connectivity index (χ0) is 17.0. The van der Waals surface area contributed by atoms with Gasteiger partial charge in [-0.25, -0.2) is 4.79 Å². The lowest BCUT2D eigenvalue weighted by atomic mass is 10.1. The fourth-order valence-electron chi connectivity index (χ4n) is 2.67. The summed E-state index contributed by atoms with van der Waals surface area (Å²) in [5.41, 5.74) is -1.45. The minimum absolute atomic E-state index is 0.277. The van der Waals surface area contributed by atoms with Crippen LogP contribution in [0.15, 0.2) is 0 Å². The highest BCUT2D eigenvalue weighted by molar-refractivity contribution is 6.63. The van der Waals surface area contributed by atoms with E-state index in [0.29, 0.717) is 26.2 Å². The van der Waals surface area contributed by atoms with E-state index in [-0.39, 0.29) is 5.91 Å². The van der Waals surface area contributed by atoms with E-state index in [1.54, 1.807) is 13.8 Å². The van der Waals surface area contributed by atoms with Crippen LogP contribution in [0.2, 0.25) is 0 Å². The van der Waals surface area contributed by atoms with Crippen LogP contribution in [0, 0.1) is 0 Å². The average molecular weight is 332 g/mol. The summed E-state index contributed by atoms with van der Waals surface area (Å²) in [5.74, 6) is -0.277. The van der Waals surface area contributed by atoms with Crippen molar-refractivity contribution in [3.63, 3.8) is 0 Å². The highest BCUT2D eigenvalue weighted by atomic mass is 28.4. The van der Waals surface area contributed by atoms with Crippen molar-refractivity contribution in [2.45, 2.75) is 59.2 Å². The van der Waals surface area contributed by atoms with Crippen LogP contribution in [0.4, 0.5) is 4.79 Å². The monoisotopic (exact) mass is 332 g/mol. The molecule has 0 spiro atoms. The van der Waals surface area contributed by atoms with E-state index in [4.69, 9.17) is 13.3 Å². The summed E-state index contributed by atoms with van der Waals surface area (Å²) in [6, 6.07) is -0.419. The van der Waals surface area contributed by atoms with Crippen molar-refractivity contribution in [3.05, 3.63) is 0 Å². The van der Waals surface area contributed by atoms with E-state index in [0.717, 1.165) is 0 Å². The number of nitrogens with one attached hydrogen (secondary N) is 1. The molecule has 22 heavy (non-hydrogen) atoms.